The van der Waals surface area contributed by atoms with E-state index >= 15 is 0 Å². The number of ether oxygens (including phenoxy) is 1. The van der Waals surface area contributed by atoms with Crippen molar-refractivity contribution in [2.24, 2.45) is 0 Å². The van der Waals surface area contributed by atoms with Gasteiger partial charge in [-0.3, -0.25) is 4.79 Å². The van der Waals surface area contributed by atoms with Crippen LogP contribution in [0.15, 0.2) is 59.7 Å². The van der Waals surface area contributed by atoms with Crippen LogP contribution in [0.4, 0.5) is 0 Å². The van der Waals surface area contributed by atoms with E-state index in [0.29, 0.717) is 18.1 Å². The number of rotatable bonds is 9. The Bertz CT molecular complexity index is 935. The molecule has 0 fully saturated rings. The van der Waals surface area contributed by atoms with Crippen LogP contribution in [0.5, 0.6) is 5.75 Å². The first-order valence-electron chi connectivity index (χ1n) is 10.8. The highest BCUT2D eigenvalue weighted by Crippen LogP contribution is 2.14. The molecule has 0 bridgehead atoms. The smallest absolute Gasteiger partial charge is 0.254 e. The van der Waals surface area contributed by atoms with E-state index in [0.717, 1.165) is 17.7 Å². The van der Waals surface area contributed by atoms with Gasteiger partial charge in [-0.05, 0) is 43.0 Å². The molecule has 5 nitrogen and oxygen atoms in total. The maximum atomic E-state index is 12.6. The van der Waals surface area contributed by atoms with Crippen molar-refractivity contribution in [3.8, 4) is 5.75 Å². The monoisotopic (exact) mass is 407 g/mol. The van der Waals surface area contributed by atoms with Crippen molar-refractivity contribution in [2.45, 2.75) is 66.5 Å². The van der Waals surface area contributed by atoms with Crippen molar-refractivity contribution < 1.29 is 4.74 Å². The summed E-state index contributed by atoms with van der Waals surface area (Å²) in [7, 11) is 0. The number of hydrogen-bond donors (Lipinski definition) is 0. The molecule has 0 N–H and O–H groups in total. The molecule has 2 heterocycles. The highest BCUT2D eigenvalue weighted by Gasteiger charge is 2.07. The third kappa shape index (κ3) is 7.14. The van der Waals surface area contributed by atoms with Crippen LogP contribution in [0.25, 0.3) is 0 Å². The maximum absolute atomic E-state index is 12.6. The summed E-state index contributed by atoms with van der Waals surface area (Å²) in [6, 6.07) is 13.7. The summed E-state index contributed by atoms with van der Waals surface area (Å²) >= 11 is 0. The third-order valence-electron chi connectivity index (χ3n) is 4.73. The van der Waals surface area contributed by atoms with Crippen LogP contribution in [-0.4, -0.2) is 14.5 Å². The van der Waals surface area contributed by atoms with Gasteiger partial charge in [-0.15, -0.1) is 0 Å². The molecule has 5 heteroatoms. The second-order valence-corrected chi connectivity index (χ2v) is 6.98. The van der Waals surface area contributed by atoms with E-state index < -0.39 is 0 Å². The van der Waals surface area contributed by atoms with Gasteiger partial charge in [0.25, 0.3) is 5.56 Å². The molecule has 0 radical (unpaired) electrons. The van der Waals surface area contributed by atoms with Gasteiger partial charge in [0.2, 0.25) is 0 Å². The molecule has 0 amide bonds. The molecule has 0 saturated carbocycles. The lowest BCUT2D eigenvalue weighted by Gasteiger charge is -2.13. The molecule has 0 saturated heterocycles. The van der Waals surface area contributed by atoms with Crippen molar-refractivity contribution >= 4 is 0 Å². The zero-order chi connectivity index (χ0) is 21.8. The van der Waals surface area contributed by atoms with Crippen molar-refractivity contribution in [2.75, 3.05) is 0 Å². The predicted octanol–water partition coefficient (Wildman–Crippen LogP) is 5.33. The minimum atomic E-state index is -0.0731. The van der Waals surface area contributed by atoms with E-state index in [4.69, 9.17) is 4.74 Å². The topological polar surface area (TPSA) is 57.0 Å². The summed E-state index contributed by atoms with van der Waals surface area (Å²) < 4.78 is 7.44. The van der Waals surface area contributed by atoms with Gasteiger partial charge in [0, 0.05) is 24.2 Å². The zero-order valence-corrected chi connectivity index (χ0v) is 18.6. The van der Waals surface area contributed by atoms with Crippen LogP contribution >= 0.6 is 0 Å². The van der Waals surface area contributed by atoms with Crippen molar-refractivity contribution in [3.05, 3.63) is 87.9 Å². The van der Waals surface area contributed by atoms with Crippen LogP contribution in [0, 0.1) is 6.92 Å². The van der Waals surface area contributed by atoms with E-state index in [2.05, 4.69) is 41.2 Å². The second-order valence-electron chi connectivity index (χ2n) is 6.98. The standard InChI is InChI=1S/C23H27N3O2.C2H6/c1-3-4-5-7-19-8-10-20(11-9-19)16-26-18(2)14-21(15-23(26)27)28-17-22-24-12-6-13-25-22;1-2/h6,8-15H,3-5,7,16-17H2,1-2H3;1-2H3. The molecule has 0 aliphatic carbocycles. The van der Waals surface area contributed by atoms with E-state index in [-0.39, 0.29) is 12.2 Å². The molecule has 30 heavy (non-hydrogen) atoms. The van der Waals surface area contributed by atoms with Gasteiger partial charge >= 0.3 is 0 Å². The molecule has 0 unspecified atom stereocenters. The van der Waals surface area contributed by atoms with Crippen molar-refractivity contribution in [3.63, 3.8) is 0 Å². The molecule has 0 atom stereocenters. The minimum absolute atomic E-state index is 0.0731. The SMILES string of the molecule is CC.CCCCCc1ccc(Cn2c(C)cc(OCc3ncccn3)cc2=O)cc1. The zero-order valence-electron chi connectivity index (χ0n) is 18.6. The Labute approximate surface area is 179 Å². The van der Waals surface area contributed by atoms with E-state index in [1.54, 1.807) is 23.0 Å². The summed E-state index contributed by atoms with van der Waals surface area (Å²) in [6.45, 7) is 8.94. The number of nitrogens with zero attached hydrogens (tertiary/aromatic N) is 3. The molecule has 2 aromatic heterocycles. The summed E-state index contributed by atoms with van der Waals surface area (Å²) in [5.41, 5.74) is 3.27. The Kier molecular flexibility index (Phi) is 9.78. The lowest BCUT2D eigenvalue weighted by Crippen LogP contribution is -2.22. The maximum Gasteiger partial charge on any atom is 0.254 e. The molecule has 160 valence electrons. The quantitative estimate of drug-likeness (QED) is 0.450. The largest absolute Gasteiger partial charge is 0.485 e. The molecular formula is C25H33N3O2. The Morgan fingerprint density at radius 3 is 2.27 bits per heavy atom. The van der Waals surface area contributed by atoms with Gasteiger partial charge in [-0.2, -0.15) is 0 Å². The molecule has 3 aromatic rings. The van der Waals surface area contributed by atoms with Gasteiger partial charge < -0.3 is 9.30 Å². The molecule has 1 aromatic carbocycles. The number of aryl methyl sites for hydroxylation is 2. The van der Waals surface area contributed by atoms with Crippen molar-refractivity contribution in [1.82, 2.24) is 14.5 Å². The predicted molar refractivity (Wildman–Crippen MR) is 122 cm³/mol. The van der Waals surface area contributed by atoms with Crippen LogP contribution in [-0.2, 0) is 19.6 Å². The molecule has 0 aliphatic rings. The Balaban J connectivity index is 0.00000155. The molecule has 3 rings (SSSR count). The fraction of sp³-hybridized carbons (Fsp3) is 0.400. The molecular weight excluding hydrogens is 374 g/mol. The minimum Gasteiger partial charge on any atom is -0.485 e. The fourth-order valence-corrected chi connectivity index (χ4v) is 3.11. The summed E-state index contributed by atoms with van der Waals surface area (Å²) in [5.74, 6) is 1.13. The number of hydrogen-bond acceptors (Lipinski definition) is 4. The van der Waals surface area contributed by atoms with Gasteiger partial charge in [-0.1, -0.05) is 57.9 Å². The summed E-state index contributed by atoms with van der Waals surface area (Å²) in [6.07, 6.45) is 8.18. The van der Waals surface area contributed by atoms with Gasteiger partial charge in [0.1, 0.15) is 12.4 Å². The lowest BCUT2D eigenvalue weighted by atomic mass is 10.1. The van der Waals surface area contributed by atoms with Crippen LogP contribution < -0.4 is 10.3 Å². The first-order valence-corrected chi connectivity index (χ1v) is 10.8. The van der Waals surface area contributed by atoms with Crippen LogP contribution in [0.1, 0.15) is 62.7 Å². The van der Waals surface area contributed by atoms with E-state index in [9.17, 15) is 4.79 Å². The summed E-state index contributed by atoms with van der Waals surface area (Å²) in [5, 5.41) is 0. The molecule has 0 aliphatic heterocycles. The van der Waals surface area contributed by atoms with Crippen LogP contribution in [0.3, 0.4) is 0 Å². The Hall–Kier alpha value is -2.95. The van der Waals surface area contributed by atoms with Crippen LogP contribution in [0.2, 0.25) is 0 Å². The van der Waals surface area contributed by atoms with Gasteiger partial charge in [-0.25, -0.2) is 9.97 Å². The number of aromatic nitrogens is 3. The third-order valence-corrected chi connectivity index (χ3v) is 4.73. The Morgan fingerprint density at radius 2 is 1.63 bits per heavy atom. The first-order chi connectivity index (χ1) is 14.7. The number of unbranched alkanes of at least 4 members (excludes halogenated alkanes) is 2. The fourth-order valence-electron chi connectivity index (χ4n) is 3.11. The number of pyridine rings is 1. The molecule has 0 spiro atoms. The van der Waals surface area contributed by atoms with E-state index in [1.165, 1.54) is 30.9 Å². The Morgan fingerprint density at radius 1 is 0.967 bits per heavy atom. The van der Waals surface area contributed by atoms with Gasteiger partial charge in [0.05, 0.1) is 6.54 Å². The van der Waals surface area contributed by atoms with E-state index in [1.807, 2.05) is 26.8 Å². The second kappa shape index (κ2) is 12.6. The van der Waals surface area contributed by atoms with Gasteiger partial charge in [0.15, 0.2) is 5.82 Å². The number of benzene rings is 1. The first kappa shape index (κ1) is 23.3. The highest BCUT2D eigenvalue weighted by molar-refractivity contribution is 5.26. The average Bonchev–Trinajstić information content (AvgIpc) is 2.78. The highest BCUT2D eigenvalue weighted by atomic mass is 16.5. The average molecular weight is 408 g/mol. The normalized spacial score (nSPS) is 10.3. The summed E-state index contributed by atoms with van der Waals surface area (Å²) in [4.78, 5) is 20.8. The van der Waals surface area contributed by atoms with Crippen molar-refractivity contribution in [1.29, 1.82) is 0 Å². The lowest BCUT2D eigenvalue weighted by molar-refractivity contribution is 0.294.